The van der Waals surface area contributed by atoms with Crippen LogP contribution in [0.25, 0.3) is 0 Å². The molecule has 0 aromatic rings. The molecule has 0 N–H and O–H groups in total. The van der Waals surface area contributed by atoms with Gasteiger partial charge in [0.25, 0.3) is 0 Å². The monoisotopic (exact) mass is 162 g/mol. The quantitative estimate of drug-likeness (QED) is 0.507. The summed E-state index contributed by atoms with van der Waals surface area (Å²) in [5.41, 5.74) is 2.10. The van der Waals surface area contributed by atoms with Gasteiger partial charge in [0.15, 0.2) is 0 Å². The number of fused-ring (bicyclic) bond motifs is 4. The Morgan fingerprint density at radius 3 is 2.58 bits per heavy atom. The molecular formula is C10H10O2. The average molecular weight is 162 g/mol. The minimum Gasteiger partial charge on any atom is -0.423 e. The summed E-state index contributed by atoms with van der Waals surface area (Å²) < 4.78 is 5.00. The maximum atomic E-state index is 11.3. The van der Waals surface area contributed by atoms with Crippen molar-refractivity contribution >= 4 is 5.97 Å². The molecule has 1 saturated carbocycles. The lowest BCUT2D eigenvalue weighted by atomic mass is 9.93. The third-order valence-electron chi connectivity index (χ3n) is 3.28. The van der Waals surface area contributed by atoms with Crippen LogP contribution in [0.15, 0.2) is 23.5 Å². The number of allylic oxidation sites excluding steroid dienone is 1. The van der Waals surface area contributed by atoms with Gasteiger partial charge < -0.3 is 4.74 Å². The summed E-state index contributed by atoms with van der Waals surface area (Å²) in [7, 11) is 0. The predicted octanol–water partition coefficient (Wildman–Crippen LogP) is 1.78. The Bertz CT molecular complexity index is 295. The summed E-state index contributed by atoms with van der Waals surface area (Å²) in [4.78, 5) is 11.3. The Kier molecular flexibility index (Phi) is 0.978. The number of ether oxygens (including phenoxy) is 1. The highest BCUT2D eigenvalue weighted by molar-refractivity contribution is 5.96. The fourth-order valence-electron chi connectivity index (χ4n) is 2.82. The molecule has 2 bridgehead atoms. The van der Waals surface area contributed by atoms with Crippen molar-refractivity contribution in [1.29, 1.82) is 0 Å². The fourth-order valence-corrected chi connectivity index (χ4v) is 2.82. The van der Waals surface area contributed by atoms with Gasteiger partial charge in [0.05, 0.1) is 0 Å². The van der Waals surface area contributed by atoms with Crippen LogP contribution in [0, 0.1) is 11.8 Å². The second kappa shape index (κ2) is 1.82. The highest BCUT2D eigenvalue weighted by atomic mass is 16.5. The van der Waals surface area contributed by atoms with Crippen molar-refractivity contribution < 1.29 is 9.53 Å². The van der Waals surface area contributed by atoms with Gasteiger partial charge in [0, 0.05) is 11.1 Å². The van der Waals surface area contributed by atoms with E-state index in [4.69, 9.17) is 4.74 Å². The Labute approximate surface area is 70.9 Å². The van der Waals surface area contributed by atoms with Crippen molar-refractivity contribution in [2.45, 2.75) is 19.3 Å². The van der Waals surface area contributed by atoms with Crippen LogP contribution in [0.4, 0.5) is 0 Å². The molecule has 2 heteroatoms. The van der Waals surface area contributed by atoms with Crippen molar-refractivity contribution in [1.82, 2.24) is 0 Å². The second-order valence-electron chi connectivity index (χ2n) is 3.85. The molecule has 2 atom stereocenters. The van der Waals surface area contributed by atoms with Crippen molar-refractivity contribution in [3.8, 4) is 0 Å². The predicted molar refractivity (Wildman–Crippen MR) is 43.1 cm³/mol. The van der Waals surface area contributed by atoms with Crippen LogP contribution >= 0.6 is 0 Å². The van der Waals surface area contributed by atoms with E-state index in [0.717, 1.165) is 11.1 Å². The van der Waals surface area contributed by atoms with Crippen molar-refractivity contribution in [3.05, 3.63) is 23.5 Å². The Morgan fingerprint density at radius 1 is 1.25 bits per heavy atom. The molecule has 2 aliphatic carbocycles. The number of esters is 1. The van der Waals surface area contributed by atoms with Gasteiger partial charge in [0.2, 0.25) is 0 Å². The van der Waals surface area contributed by atoms with E-state index < -0.39 is 0 Å². The van der Waals surface area contributed by atoms with E-state index in [2.05, 4.69) is 6.58 Å². The van der Waals surface area contributed by atoms with Gasteiger partial charge in [-0.25, -0.2) is 4.79 Å². The smallest absolute Gasteiger partial charge is 0.340 e. The zero-order chi connectivity index (χ0) is 8.29. The van der Waals surface area contributed by atoms with E-state index in [9.17, 15) is 4.79 Å². The maximum absolute atomic E-state index is 11.3. The molecule has 2 unspecified atom stereocenters. The zero-order valence-corrected chi connectivity index (χ0v) is 6.80. The molecule has 3 rings (SSSR count). The van der Waals surface area contributed by atoms with E-state index in [1.54, 1.807) is 0 Å². The molecule has 0 radical (unpaired) electrons. The minimum atomic E-state index is -0.123. The van der Waals surface area contributed by atoms with Crippen LogP contribution in [0.1, 0.15) is 19.3 Å². The lowest BCUT2D eigenvalue weighted by molar-refractivity contribution is -0.133. The van der Waals surface area contributed by atoms with Gasteiger partial charge in [-0.15, -0.1) is 0 Å². The molecule has 1 heterocycles. The molecule has 0 aromatic carbocycles. The van der Waals surface area contributed by atoms with Gasteiger partial charge >= 0.3 is 5.97 Å². The largest absolute Gasteiger partial charge is 0.423 e. The van der Waals surface area contributed by atoms with Crippen LogP contribution in [0.5, 0.6) is 0 Å². The fraction of sp³-hybridized carbons (Fsp3) is 0.500. The van der Waals surface area contributed by atoms with Crippen LogP contribution in [-0.2, 0) is 9.53 Å². The Morgan fingerprint density at radius 2 is 1.92 bits per heavy atom. The Balaban J connectivity index is 2.18. The summed E-state index contributed by atoms with van der Waals surface area (Å²) in [5, 5.41) is 0. The molecule has 1 aliphatic heterocycles. The molecule has 1 fully saturated rings. The number of hydrogen-bond donors (Lipinski definition) is 0. The van der Waals surface area contributed by atoms with Gasteiger partial charge in [-0.2, -0.15) is 0 Å². The maximum Gasteiger partial charge on any atom is 0.340 e. The molecule has 0 amide bonds. The van der Waals surface area contributed by atoms with Gasteiger partial charge in [-0.1, -0.05) is 6.58 Å². The van der Waals surface area contributed by atoms with Crippen LogP contribution < -0.4 is 0 Å². The zero-order valence-electron chi connectivity index (χ0n) is 6.80. The molecule has 62 valence electrons. The molecule has 3 aliphatic rings. The van der Waals surface area contributed by atoms with E-state index in [1.165, 1.54) is 19.3 Å². The lowest BCUT2D eigenvalue weighted by Crippen LogP contribution is -2.06. The first-order valence-electron chi connectivity index (χ1n) is 4.43. The number of rotatable bonds is 0. The second-order valence-corrected chi connectivity index (χ2v) is 3.85. The first-order valence-corrected chi connectivity index (χ1v) is 4.43. The van der Waals surface area contributed by atoms with Gasteiger partial charge in [-0.05, 0) is 31.1 Å². The molecule has 12 heavy (non-hydrogen) atoms. The number of carbonyl (C=O) groups is 1. The van der Waals surface area contributed by atoms with E-state index >= 15 is 0 Å². The standard InChI is InChI=1S/C10H10O2/c1-5-8-6-2-3-7(4-6)9(8)10(11)12-5/h6-7H,1-4H2. The van der Waals surface area contributed by atoms with Crippen LogP contribution in [0.2, 0.25) is 0 Å². The van der Waals surface area contributed by atoms with E-state index in [1.807, 2.05) is 0 Å². The third-order valence-corrected chi connectivity index (χ3v) is 3.28. The van der Waals surface area contributed by atoms with Gasteiger partial charge in [-0.3, -0.25) is 0 Å². The number of carbonyl (C=O) groups excluding carboxylic acids is 1. The first kappa shape index (κ1) is 6.46. The SMILES string of the molecule is C=C1OC(=O)C2=C1C1CCC2C1. The molecule has 0 saturated heterocycles. The minimum absolute atomic E-state index is 0.123. The summed E-state index contributed by atoms with van der Waals surface area (Å²) >= 11 is 0. The summed E-state index contributed by atoms with van der Waals surface area (Å²) in [5.74, 6) is 1.59. The summed E-state index contributed by atoms with van der Waals surface area (Å²) in [6.45, 7) is 3.77. The van der Waals surface area contributed by atoms with Crippen LogP contribution in [-0.4, -0.2) is 5.97 Å². The average Bonchev–Trinajstić information content (AvgIpc) is 2.64. The number of cyclic esters (lactones) is 1. The van der Waals surface area contributed by atoms with Crippen molar-refractivity contribution in [2.24, 2.45) is 11.8 Å². The summed E-state index contributed by atoms with van der Waals surface area (Å²) in [6, 6.07) is 0. The van der Waals surface area contributed by atoms with E-state index in [0.29, 0.717) is 17.6 Å². The summed E-state index contributed by atoms with van der Waals surface area (Å²) in [6.07, 6.45) is 3.56. The highest BCUT2D eigenvalue weighted by Crippen LogP contribution is 2.53. The Hall–Kier alpha value is -1.05. The van der Waals surface area contributed by atoms with Crippen molar-refractivity contribution in [3.63, 3.8) is 0 Å². The molecular weight excluding hydrogens is 152 g/mol. The van der Waals surface area contributed by atoms with Crippen LogP contribution in [0.3, 0.4) is 0 Å². The number of hydrogen-bond acceptors (Lipinski definition) is 2. The lowest BCUT2D eigenvalue weighted by Gasteiger charge is -2.08. The topological polar surface area (TPSA) is 26.3 Å². The van der Waals surface area contributed by atoms with Gasteiger partial charge in [0.1, 0.15) is 5.76 Å². The third kappa shape index (κ3) is 0.554. The van der Waals surface area contributed by atoms with E-state index in [-0.39, 0.29) is 5.97 Å². The van der Waals surface area contributed by atoms with Crippen molar-refractivity contribution in [2.75, 3.05) is 0 Å². The highest BCUT2D eigenvalue weighted by Gasteiger charge is 2.47. The molecule has 0 spiro atoms. The normalized spacial score (nSPS) is 37.7. The first-order chi connectivity index (χ1) is 5.77. The molecule has 0 aromatic heterocycles. The molecule has 2 nitrogen and oxygen atoms in total.